The summed E-state index contributed by atoms with van der Waals surface area (Å²) in [6.07, 6.45) is 1.32. The number of carbonyl (C=O) groups is 3. The predicted octanol–water partition coefficient (Wildman–Crippen LogP) is 2.81. The maximum atomic E-state index is 13.5. The number of hydrogen-bond donors (Lipinski definition) is 1. The SMILES string of the molecule is Cc1cccc(C(=O)N[C@@H](C(=O)N2CCOCC2)C2CCN(C(=O)c3ccccc3C)CC2)c1. The van der Waals surface area contributed by atoms with Gasteiger partial charge in [0.25, 0.3) is 11.8 Å². The molecule has 7 heteroatoms. The zero-order chi connectivity index (χ0) is 24.1. The smallest absolute Gasteiger partial charge is 0.254 e. The molecule has 2 fully saturated rings. The number of ether oxygens (including phenoxy) is 1. The summed E-state index contributed by atoms with van der Waals surface area (Å²) >= 11 is 0. The standard InChI is InChI=1S/C27H33N3O4/c1-19-6-5-8-22(18-19)25(31)28-24(27(33)30-14-16-34-17-15-30)21-10-12-29(13-11-21)26(32)23-9-4-3-7-20(23)2/h3-9,18,21,24H,10-17H2,1-2H3,(H,28,31)/t24-/m1/s1. The van der Waals surface area contributed by atoms with Crippen LogP contribution in [0.3, 0.4) is 0 Å². The minimum atomic E-state index is -0.623. The summed E-state index contributed by atoms with van der Waals surface area (Å²) in [6, 6.07) is 14.4. The monoisotopic (exact) mass is 463 g/mol. The molecule has 1 atom stereocenters. The number of rotatable bonds is 5. The van der Waals surface area contributed by atoms with Crippen LogP contribution in [-0.4, -0.2) is 73.0 Å². The van der Waals surface area contributed by atoms with Gasteiger partial charge in [-0.15, -0.1) is 0 Å². The van der Waals surface area contributed by atoms with Gasteiger partial charge in [-0.1, -0.05) is 35.9 Å². The number of amides is 3. The minimum Gasteiger partial charge on any atom is -0.378 e. The molecule has 180 valence electrons. The van der Waals surface area contributed by atoms with E-state index in [1.807, 2.05) is 61.2 Å². The molecular weight excluding hydrogens is 430 g/mol. The van der Waals surface area contributed by atoms with E-state index in [1.54, 1.807) is 11.0 Å². The summed E-state index contributed by atoms with van der Waals surface area (Å²) < 4.78 is 5.41. The summed E-state index contributed by atoms with van der Waals surface area (Å²) in [5.74, 6) is -0.317. The predicted molar refractivity (Wildman–Crippen MR) is 130 cm³/mol. The topological polar surface area (TPSA) is 79.0 Å². The number of morpholine rings is 1. The van der Waals surface area contributed by atoms with Crippen molar-refractivity contribution in [3.8, 4) is 0 Å². The van der Waals surface area contributed by atoms with Crippen molar-refractivity contribution < 1.29 is 19.1 Å². The lowest BCUT2D eigenvalue weighted by Gasteiger charge is -2.38. The number of likely N-dealkylation sites (tertiary alicyclic amines) is 1. The molecule has 0 spiro atoms. The number of nitrogens with zero attached hydrogens (tertiary/aromatic N) is 2. The second-order valence-corrected chi connectivity index (χ2v) is 9.20. The van der Waals surface area contributed by atoms with E-state index in [0.717, 1.165) is 16.7 Å². The van der Waals surface area contributed by atoms with Gasteiger partial charge in [-0.05, 0) is 56.4 Å². The molecule has 0 bridgehead atoms. The van der Waals surface area contributed by atoms with Crippen LogP contribution in [0.25, 0.3) is 0 Å². The van der Waals surface area contributed by atoms with Crippen molar-refractivity contribution in [2.45, 2.75) is 32.7 Å². The quantitative estimate of drug-likeness (QED) is 0.740. The van der Waals surface area contributed by atoms with E-state index in [-0.39, 0.29) is 23.6 Å². The highest BCUT2D eigenvalue weighted by molar-refractivity contribution is 5.98. The Bertz CT molecular complexity index is 1040. The molecule has 0 saturated carbocycles. The third-order valence-corrected chi connectivity index (χ3v) is 6.83. The van der Waals surface area contributed by atoms with Crippen molar-refractivity contribution in [1.29, 1.82) is 0 Å². The highest BCUT2D eigenvalue weighted by atomic mass is 16.5. The van der Waals surface area contributed by atoms with Crippen molar-refractivity contribution in [2.24, 2.45) is 5.92 Å². The number of aryl methyl sites for hydroxylation is 2. The van der Waals surface area contributed by atoms with Crippen LogP contribution in [0, 0.1) is 19.8 Å². The lowest BCUT2D eigenvalue weighted by molar-refractivity contribution is -0.139. The lowest BCUT2D eigenvalue weighted by Crippen LogP contribution is -2.56. The van der Waals surface area contributed by atoms with Crippen LogP contribution >= 0.6 is 0 Å². The van der Waals surface area contributed by atoms with Gasteiger partial charge in [-0.2, -0.15) is 0 Å². The van der Waals surface area contributed by atoms with E-state index >= 15 is 0 Å². The Morgan fingerprint density at radius 2 is 1.62 bits per heavy atom. The van der Waals surface area contributed by atoms with Gasteiger partial charge < -0.3 is 19.9 Å². The average Bonchev–Trinajstić information content (AvgIpc) is 2.87. The molecule has 0 aromatic heterocycles. The van der Waals surface area contributed by atoms with Gasteiger partial charge in [-0.3, -0.25) is 14.4 Å². The van der Waals surface area contributed by atoms with E-state index in [0.29, 0.717) is 57.8 Å². The molecule has 0 unspecified atom stereocenters. The Morgan fingerprint density at radius 1 is 0.912 bits per heavy atom. The maximum absolute atomic E-state index is 13.5. The van der Waals surface area contributed by atoms with Crippen LogP contribution in [-0.2, 0) is 9.53 Å². The number of nitrogens with one attached hydrogen (secondary N) is 1. The molecular formula is C27H33N3O4. The first kappa shape index (κ1) is 24.0. The molecule has 4 rings (SSSR count). The Hall–Kier alpha value is -3.19. The first-order valence-corrected chi connectivity index (χ1v) is 12.0. The highest BCUT2D eigenvalue weighted by Crippen LogP contribution is 2.25. The van der Waals surface area contributed by atoms with Crippen LogP contribution in [0.5, 0.6) is 0 Å². The van der Waals surface area contributed by atoms with Crippen LogP contribution < -0.4 is 5.32 Å². The fourth-order valence-corrected chi connectivity index (χ4v) is 4.79. The first-order chi connectivity index (χ1) is 16.4. The van der Waals surface area contributed by atoms with Gasteiger partial charge in [0, 0.05) is 37.3 Å². The molecule has 2 saturated heterocycles. The number of carbonyl (C=O) groups excluding carboxylic acids is 3. The largest absolute Gasteiger partial charge is 0.378 e. The third kappa shape index (κ3) is 5.47. The number of benzene rings is 2. The van der Waals surface area contributed by atoms with Crippen LogP contribution in [0.1, 0.15) is 44.7 Å². The summed E-state index contributed by atoms with van der Waals surface area (Å²) in [5.41, 5.74) is 3.22. The first-order valence-electron chi connectivity index (χ1n) is 12.0. The van der Waals surface area contributed by atoms with Crippen molar-refractivity contribution in [3.63, 3.8) is 0 Å². The van der Waals surface area contributed by atoms with E-state index < -0.39 is 6.04 Å². The normalized spacial score (nSPS) is 17.8. The zero-order valence-electron chi connectivity index (χ0n) is 20.0. The van der Waals surface area contributed by atoms with Gasteiger partial charge >= 0.3 is 0 Å². The number of piperidine rings is 1. The molecule has 2 aliphatic rings. The van der Waals surface area contributed by atoms with Crippen molar-refractivity contribution in [3.05, 3.63) is 70.8 Å². The fourth-order valence-electron chi connectivity index (χ4n) is 4.79. The molecule has 2 heterocycles. The molecule has 1 N–H and O–H groups in total. The third-order valence-electron chi connectivity index (χ3n) is 6.83. The maximum Gasteiger partial charge on any atom is 0.254 e. The number of hydrogen-bond acceptors (Lipinski definition) is 4. The van der Waals surface area contributed by atoms with Crippen LogP contribution in [0.2, 0.25) is 0 Å². The molecule has 0 radical (unpaired) electrons. The van der Waals surface area contributed by atoms with E-state index in [2.05, 4.69) is 5.32 Å². The molecule has 2 aromatic carbocycles. The van der Waals surface area contributed by atoms with Crippen LogP contribution in [0.4, 0.5) is 0 Å². The molecule has 2 aliphatic heterocycles. The van der Waals surface area contributed by atoms with Gasteiger partial charge in [0.05, 0.1) is 13.2 Å². The minimum absolute atomic E-state index is 0.0244. The Balaban J connectivity index is 1.47. The average molecular weight is 464 g/mol. The molecule has 3 amide bonds. The lowest BCUT2D eigenvalue weighted by atomic mass is 9.87. The van der Waals surface area contributed by atoms with Crippen molar-refractivity contribution in [2.75, 3.05) is 39.4 Å². The Labute approximate surface area is 201 Å². The molecule has 2 aromatic rings. The van der Waals surface area contributed by atoms with E-state index in [1.165, 1.54) is 0 Å². The second kappa shape index (κ2) is 10.8. The summed E-state index contributed by atoms with van der Waals surface area (Å²) in [6.45, 7) is 7.07. The Kier molecular flexibility index (Phi) is 7.63. The molecule has 0 aliphatic carbocycles. The van der Waals surface area contributed by atoms with E-state index in [9.17, 15) is 14.4 Å². The molecule has 34 heavy (non-hydrogen) atoms. The second-order valence-electron chi connectivity index (χ2n) is 9.20. The van der Waals surface area contributed by atoms with Gasteiger partial charge in [0.1, 0.15) is 6.04 Å². The highest BCUT2D eigenvalue weighted by Gasteiger charge is 2.36. The van der Waals surface area contributed by atoms with Crippen molar-refractivity contribution in [1.82, 2.24) is 15.1 Å². The van der Waals surface area contributed by atoms with Gasteiger partial charge in [0.15, 0.2) is 0 Å². The van der Waals surface area contributed by atoms with Crippen molar-refractivity contribution >= 4 is 17.7 Å². The molecule has 7 nitrogen and oxygen atoms in total. The fraction of sp³-hybridized carbons (Fsp3) is 0.444. The van der Waals surface area contributed by atoms with E-state index in [4.69, 9.17) is 4.74 Å². The summed E-state index contributed by atoms with van der Waals surface area (Å²) in [5, 5.41) is 3.04. The Morgan fingerprint density at radius 3 is 2.29 bits per heavy atom. The zero-order valence-corrected chi connectivity index (χ0v) is 20.0. The van der Waals surface area contributed by atoms with Gasteiger partial charge in [-0.25, -0.2) is 0 Å². The summed E-state index contributed by atoms with van der Waals surface area (Å²) in [4.78, 5) is 43.2. The van der Waals surface area contributed by atoms with Crippen LogP contribution in [0.15, 0.2) is 48.5 Å². The summed E-state index contributed by atoms with van der Waals surface area (Å²) in [7, 11) is 0. The van der Waals surface area contributed by atoms with Gasteiger partial charge in [0.2, 0.25) is 5.91 Å².